The van der Waals surface area contributed by atoms with E-state index in [1.165, 1.54) is 83.2 Å². The second-order valence-electron chi connectivity index (χ2n) is 13.9. The van der Waals surface area contributed by atoms with E-state index >= 15 is 0 Å². The van der Waals surface area contributed by atoms with Crippen molar-refractivity contribution in [1.29, 1.82) is 0 Å². The van der Waals surface area contributed by atoms with Gasteiger partial charge >= 0.3 is 0 Å². The smallest absolute Gasteiger partial charge is 0.0531 e. The molecule has 0 N–H and O–H groups in total. The predicted molar refractivity (Wildman–Crippen MR) is 219 cm³/mol. The van der Waals surface area contributed by atoms with Crippen molar-refractivity contribution in [1.82, 2.24) is 13.7 Å². The minimum atomic E-state index is -0.0526. The van der Waals surface area contributed by atoms with Gasteiger partial charge in [-0.05, 0) is 107 Å². The van der Waals surface area contributed by atoms with Crippen LogP contribution in [0.3, 0.4) is 0 Å². The van der Waals surface area contributed by atoms with Crippen molar-refractivity contribution < 1.29 is 0 Å². The van der Waals surface area contributed by atoms with Crippen LogP contribution in [-0.4, -0.2) is 13.7 Å². The molecule has 3 nitrogen and oxygen atoms in total. The van der Waals surface area contributed by atoms with E-state index in [9.17, 15) is 0 Å². The fourth-order valence-electron chi connectivity index (χ4n) is 8.13. The number of hydrogen-bond acceptors (Lipinski definition) is 0. The molecule has 3 heterocycles. The van der Waals surface area contributed by atoms with Gasteiger partial charge in [0.25, 0.3) is 0 Å². The second kappa shape index (κ2) is 13.2. The minimum Gasteiger partial charge on any atom is -0.316 e. The van der Waals surface area contributed by atoms with Crippen molar-refractivity contribution in [3.05, 3.63) is 198 Å². The number of aromatic nitrogens is 3. The summed E-state index contributed by atoms with van der Waals surface area (Å²) in [6, 6.07) is 53.9. The van der Waals surface area contributed by atoms with Crippen LogP contribution in [0.15, 0.2) is 164 Å². The van der Waals surface area contributed by atoms with Crippen LogP contribution in [0.4, 0.5) is 0 Å². The number of para-hydroxylation sites is 3. The first-order valence-electron chi connectivity index (χ1n) is 18.7. The van der Waals surface area contributed by atoms with Crippen molar-refractivity contribution in [2.45, 2.75) is 46.0 Å². The van der Waals surface area contributed by atoms with Gasteiger partial charge in [0.15, 0.2) is 0 Å². The lowest BCUT2D eigenvalue weighted by atomic mass is 9.84. The quantitative estimate of drug-likeness (QED) is 0.145. The Kier molecular flexibility index (Phi) is 8.12. The third-order valence-corrected chi connectivity index (χ3v) is 11.0. The number of hydrogen-bond donors (Lipinski definition) is 0. The lowest BCUT2D eigenvalue weighted by Gasteiger charge is -2.17. The van der Waals surface area contributed by atoms with Gasteiger partial charge in [0.2, 0.25) is 0 Å². The summed E-state index contributed by atoms with van der Waals surface area (Å²) in [6.45, 7) is 6.64. The molecule has 9 rings (SSSR count). The standard InChI is InChI=1S/C49H43N3/c1-4-34-19-25-37(26-20-34)50-31-43(40-13-7-10-16-46(40)50)49(44-32-51(47-17-11-8-14-41(44)47)38-27-21-35(5-2)22-28-38)45-33-52(48-18-12-9-15-42(45)48)39-29-23-36(6-3)24-30-39/h7-33,49H,4-6H2,1-3H3. The van der Waals surface area contributed by atoms with Crippen LogP contribution in [-0.2, 0) is 19.3 Å². The maximum atomic E-state index is 2.40. The molecule has 9 aromatic rings. The Balaban J connectivity index is 1.35. The monoisotopic (exact) mass is 673 g/mol. The Morgan fingerprint density at radius 2 is 0.615 bits per heavy atom. The highest BCUT2D eigenvalue weighted by atomic mass is 15.0. The molecule has 0 saturated carbocycles. The minimum absolute atomic E-state index is 0.0526. The van der Waals surface area contributed by atoms with Crippen LogP contribution < -0.4 is 0 Å². The third-order valence-electron chi connectivity index (χ3n) is 11.0. The maximum Gasteiger partial charge on any atom is 0.0531 e. The molecule has 3 heteroatoms. The van der Waals surface area contributed by atoms with E-state index < -0.39 is 0 Å². The lowest BCUT2D eigenvalue weighted by Crippen LogP contribution is -2.03. The molecule has 0 atom stereocenters. The van der Waals surface area contributed by atoms with Crippen molar-refractivity contribution in [3.8, 4) is 17.1 Å². The van der Waals surface area contributed by atoms with Gasteiger partial charge in [0.05, 0.1) is 16.6 Å². The first-order valence-corrected chi connectivity index (χ1v) is 18.7. The van der Waals surface area contributed by atoms with Gasteiger partial charge < -0.3 is 13.7 Å². The van der Waals surface area contributed by atoms with Gasteiger partial charge in [0, 0.05) is 57.7 Å². The van der Waals surface area contributed by atoms with Crippen molar-refractivity contribution >= 4 is 32.7 Å². The van der Waals surface area contributed by atoms with Crippen molar-refractivity contribution in [2.24, 2.45) is 0 Å². The van der Waals surface area contributed by atoms with E-state index in [-0.39, 0.29) is 5.92 Å². The molecule has 254 valence electrons. The summed E-state index contributed by atoms with van der Waals surface area (Å²) in [5, 5.41) is 3.79. The molecule has 0 aliphatic carbocycles. The molecular weight excluding hydrogens is 631 g/mol. The molecule has 52 heavy (non-hydrogen) atoms. The fourth-order valence-corrected chi connectivity index (χ4v) is 8.13. The van der Waals surface area contributed by atoms with E-state index in [0.29, 0.717) is 0 Å². The number of nitrogens with zero attached hydrogens (tertiary/aromatic N) is 3. The van der Waals surface area contributed by atoms with Crippen LogP contribution in [0, 0.1) is 0 Å². The zero-order valence-corrected chi connectivity index (χ0v) is 30.1. The Morgan fingerprint density at radius 1 is 0.346 bits per heavy atom. The Labute approximate surface area is 306 Å². The van der Waals surface area contributed by atoms with E-state index in [1.54, 1.807) is 0 Å². The van der Waals surface area contributed by atoms with E-state index in [1.807, 2.05) is 0 Å². The molecule has 0 fully saturated rings. The first kappa shape index (κ1) is 31.9. The average molecular weight is 674 g/mol. The molecular formula is C49H43N3. The summed E-state index contributed by atoms with van der Waals surface area (Å²) < 4.78 is 7.17. The molecule has 0 amide bonds. The molecule has 3 aromatic heterocycles. The fraction of sp³-hybridized carbons (Fsp3) is 0.143. The normalized spacial score (nSPS) is 11.8. The highest BCUT2D eigenvalue weighted by Crippen LogP contribution is 2.45. The predicted octanol–water partition coefficient (Wildman–Crippen LogP) is 12.4. The van der Waals surface area contributed by atoms with E-state index in [2.05, 4.69) is 199 Å². The number of rotatable bonds is 9. The van der Waals surface area contributed by atoms with E-state index in [4.69, 9.17) is 0 Å². The van der Waals surface area contributed by atoms with Crippen LogP contribution in [0.1, 0.15) is 60.1 Å². The molecule has 0 aliphatic heterocycles. The molecule has 0 unspecified atom stereocenters. The van der Waals surface area contributed by atoms with Crippen LogP contribution in [0.2, 0.25) is 0 Å². The topological polar surface area (TPSA) is 14.8 Å². The Morgan fingerprint density at radius 3 is 0.885 bits per heavy atom. The largest absolute Gasteiger partial charge is 0.316 e. The highest BCUT2D eigenvalue weighted by molar-refractivity contribution is 5.95. The van der Waals surface area contributed by atoms with Crippen LogP contribution in [0.5, 0.6) is 0 Å². The molecule has 0 radical (unpaired) electrons. The second-order valence-corrected chi connectivity index (χ2v) is 13.9. The van der Waals surface area contributed by atoms with Crippen LogP contribution >= 0.6 is 0 Å². The number of aryl methyl sites for hydroxylation is 3. The van der Waals surface area contributed by atoms with Crippen molar-refractivity contribution in [3.63, 3.8) is 0 Å². The summed E-state index contributed by atoms with van der Waals surface area (Å²) >= 11 is 0. The van der Waals surface area contributed by atoms with Gasteiger partial charge in [-0.2, -0.15) is 0 Å². The van der Waals surface area contributed by atoms with Gasteiger partial charge in [-0.15, -0.1) is 0 Å². The summed E-state index contributed by atoms with van der Waals surface area (Å²) in [6.07, 6.45) is 10.3. The number of benzene rings is 6. The molecule has 0 bridgehead atoms. The van der Waals surface area contributed by atoms with Gasteiger partial charge in [0.1, 0.15) is 0 Å². The van der Waals surface area contributed by atoms with Gasteiger partial charge in [-0.1, -0.05) is 112 Å². The zero-order valence-electron chi connectivity index (χ0n) is 30.1. The first-order chi connectivity index (χ1) is 25.6. The third kappa shape index (κ3) is 5.36. The summed E-state index contributed by atoms with van der Waals surface area (Å²) in [5.74, 6) is -0.0526. The van der Waals surface area contributed by atoms with Crippen LogP contribution in [0.25, 0.3) is 49.8 Å². The zero-order chi connectivity index (χ0) is 35.2. The summed E-state index contributed by atoms with van der Waals surface area (Å²) in [4.78, 5) is 0. The van der Waals surface area contributed by atoms with Crippen molar-refractivity contribution in [2.75, 3.05) is 0 Å². The molecule has 0 aliphatic rings. The molecule has 0 spiro atoms. The Hall–Kier alpha value is -6.06. The SMILES string of the molecule is CCc1ccc(-n2cc(C(c3cn(-c4ccc(CC)cc4)c4ccccc34)c3cn(-c4ccc(CC)cc4)c4ccccc34)c3ccccc32)cc1. The van der Waals surface area contributed by atoms with E-state index in [0.717, 1.165) is 19.3 Å². The maximum absolute atomic E-state index is 2.40. The summed E-state index contributed by atoms with van der Waals surface area (Å²) in [7, 11) is 0. The van der Waals surface area contributed by atoms with Gasteiger partial charge in [-0.25, -0.2) is 0 Å². The molecule has 0 saturated heterocycles. The Bertz CT molecular complexity index is 2370. The lowest BCUT2D eigenvalue weighted by molar-refractivity contribution is 0.968. The highest BCUT2D eigenvalue weighted by Gasteiger charge is 2.29. The average Bonchev–Trinajstić information content (AvgIpc) is 3.91. The summed E-state index contributed by atoms with van der Waals surface area (Å²) in [5.41, 5.74) is 15.1. The molecule has 6 aromatic carbocycles. The van der Waals surface area contributed by atoms with Gasteiger partial charge in [-0.3, -0.25) is 0 Å². The number of fused-ring (bicyclic) bond motifs is 3.